The average molecular weight is 485 g/mol. The van der Waals surface area contributed by atoms with Crippen molar-refractivity contribution in [2.45, 2.75) is 26.2 Å². The van der Waals surface area contributed by atoms with E-state index < -0.39 is 0 Å². The molecule has 0 unspecified atom stereocenters. The predicted molar refractivity (Wildman–Crippen MR) is 130 cm³/mol. The van der Waals surface area contributed by atoms with Crippen molar-refractivity contribution in [3.8, 4) is 17.2 Å². The molecule has 188 valence electrons. The summed E-state index contributed by atoms with van der Waals surface area (Å²) in [5.41, 5.74) is 0.951. The molecule has 1 aliphatic rings. The Bertz CT molecular complexity index is 1040. The molecular formula is C26H32N2O7. The van der Waals surface area contributed by atoms with Gasteiger partial charge in [-0.3, -0.25) is 14.4 Å². The molecule has 0 heterocycles. The molecule has 0 saturated heterocycles. The van der Waals surface area contributed by atoms with E-state index in [1.807, 2.05) is 0 Å². The van der Waals surface area contributed by atoms with Crippen molar-refractivity contribution in [1.29, 1.82) is 0 Å². The number of rotatable bonds is 13. The molecule has 0 atom stereocenters. The van der Waals surface area contributed by atoms with Crippen LogP contribution < -0.4 is 19.5 Å². The number of nitrogens with zero attached hydrogens (tertiary/aromatic N) is 1. The molecule has 0 bridgehead atoms. The molecule has 2 aromatic carbocycles. The van der Waals surface area contributed by atoms with Gasteiger partial charge in [-0.15, -0.1) is 0 Å². The number of para-hydroxylation sites is 2. The molecule has 0 aromatic heterocycles. The first-order valence-electron chi connectivity index (χ1n) is 11.6. The van der Waals surface area contributed by atoms with E-state index in [0.717, 1.165) is 12.8 Å². The standard InChI is InChI=1S/C26H32N2O7/c1-4-34-25(30)13-14-28(16-18-9-10-18)26(31)19-11-12-22(23(15-19)33-3)35-17-24(29)27-20-7-5-6-8-21(20)32-2/h5-8,11-12,15,18H,4,9-10,13-14,16-17H2,1-3H3,(H,27,29). The lowest BCUT2D eigenvalue weighted by Gasteiger charge is -2.23. The van der Waals surface area contributed by atoms with Gasteiger partial charge >= 0.3 is 5.97 Å². The van der Waals surface area contributed by atoms with Crippen LogP contribution in [0.25, 0.3) is 0 Å². The Balaban J connectivity index is 1.64. The Morgan fingerprint density at radius 3 is 2.43 bits per heavy atom. The third kappa shape index (κ3) is 7.63. The molecule has 35 heavy (non-hydrogen) atoms. The number of esters is 1. The molecule has 9 heteroatoms. The van der Waals surface area contributed by atoms with Crippen LogP contribution in [0, 0.1) is 5.92 Å². The SMILES string of the molecule is CCOC(=O)CCN(CC1CC1)C(=O)c1ccc(OCC(=O)Nc2ccccc2OC)c(OC)c1. The van der Waals surface area contributed by atoms with Crippen molar-refractivity contribution in [2.24, 2.45) is 5.92 Å². The Labute approximate surface area is 205 Å². The van der Waals surface area contributed by atoms with Crippen LogP contribution in [-0.2, 0) is 14.3 Å². The number of benzene rings is 2. The molecule has 1 N–H and O–H groups in total. The van der Waals surface area contributed by atoms with E-state index >= 15 is 0 Å². The molecule has 0 radical (unpaired) electrons. The number of carbonyl (C=O) groups is 3. The van der Waals surface area contributed by atoms with Crippen LogP contribution in [0.2, 0.25) is 0 Å². The molecule has 1 saturated carbocycles. The first kappa shape index (κ1) is 25.9. The lowest BCUT2D eigenvalue weighted by atomic mass is 10.1. The summed E-state index contributed by atoms with van der Waals surface area (Å²) in [4.78, 5) is 39.0. The number of hydrogen-bond donors (Lipinski definition) is 1. The minimum atomic E-state index is -0.369. The van der Waals surface area contributed by atoms with Crippen LogP contribution in [-0.4, -0.2) is 63.2 Å². The fourth-order valence-electron chi connectivity index (χ4n) is 3.53. The van der Waals surface area contributed by atoms with Crippen LogP contribution in [0.1, 0.15) is 36.5 Å². The number of nitrogens with one attached hydrogen (secondary N) is 1. The maximum atomic E-state index is 13.2. The molecule has 1 fully saturated rings. The highest BCUT2D eigenvalue weighted by Crippen LogP contribution is 2.32. The van der Waals surface area contributed by atoms with E-state index in [0.29, 0.717) is 47.6 Å². The van der Waals surface area contributed by atoms with Gasteiger partial charge in [0.15, 0.2) is 18.1 Å². The Kier molecular flexibility index (Phi) is 9.34. The molecular weight excluding hydrogens is 452 g/mol. The van der Waals surface area contributed by atoms with Gasteiger partial charge in [0.2, 0.25) is 0 Å². The normalized spacial score (nSPS) is 12.4. The number of amides is 2. The van der Waals surface area contributed by atoms with Gasteiger partial charge in [-0.25, -0.2) is 0 Å². The second-order valence-corrected chi connectivity index (χ2v) is 8.15. The summed E-state index contributed by atoms with van der Waals surface area (Å²) in [5, 5.41) is 2.74. The van der Waals surface area contributed by atoms with Crippen molar-refractivity contribution in [2.75, 3.05) is 45.8 Å². The second kappa shape index (κ2) is 12.6. The zero-order valence-electron chi connectivity index (χ0n) is 20.4. The number of methoxy groups -OCH3 is 2. The van der Waals surface area contributed by atoms with Crippen molar-refractivity contribution < 1.29 is 33.3 Å². The summed E-state index contributed by atoms with van der Waals surface area (Å²) in [7, 11) is 2.99. The zero-order valence-corrected chi connectivity index (χ0v) is 20.4. The monoisotopic (exact) mass is 484 g/mol. The van der Waals surface area contributed by atoms with Crippen molar-refractivity contribution in [3.63, 3.8) is 0 Å². The molecule has 1 aliphatic carbocycles. The van der Waals surface area contributed by atoms with Gasteiger partial charge in [0.05, 0.1) is 32.9 Å². The summed E-state index contributed by atoms with van der Waals surface area (Å²) in [6.45, 7) is 2.70. The third-order valence-corrected chi connectivity index (χ3v) is 5.50. The fourth-order valence-corrected chi connectivity index (χ4v) is 3.53. The number of carbonyl (C=O) groups excluding carboxylic acids is 3. The lowest BCUT2D eigenvalue weighted by Crippen LogP contribution is -2.35. The maximum Gasteiger partial charge on any atom is 0.307 e. The van der Waals surface area contributed by atoms with Gasteiger partial charge in [-0.2, -0.15) is 0 Å². The van der Waals surface area contributed by atoms with Crippen LogP contribution in [0.3, 0.4) is 0 Å². The molecule has 9 nitrogen and oxygen atoms in total. The van der Waals surface area contributed by atoms with E-state index in [4.69, 9.17) is 18.9 Å². The van der Waals surface area contributed by atoms with Crippen molar-refractivity contribution >= 4 is 23.5 Å². The Morgan fingerprint density at radius 2 is 1.74 bits per heavy atom. The smallest absolute Gasteiger partial charge is 0.307 e. The highest BCUT2D eigenvalue weighted by atomic mass is 16.5. The first-order chi connectivity index (χ1) is 16.9. The lowest BCUT2D eigenvalue weighted by molar-refractivity contribution is -0.143. The number of anilines is 1. The summed E-state index contributed by atoms with van der Waals surface area (Å²) >= 11 is 0. The van der Waals surface area contributed by atoms with Gasteiger partial charge in [-0.05, 0) is 56.0 Å². The van der Waals surface area contributed by atoms with Crippen molar-refractivity contribution in [1.82, 2.24) is 4.90 Å². The van der Waals surface area contributed by atoms with Gasteiger partial charge in [0.25, 0.3) is 11.8 Å². The quantitative estimate of drug-likeness (QED) is 0.434. The van der Waals surface area contributed by atoms with E-state index in [-0.39, 0.29) is 37.4 Å². The van der Waals surface area contributed by atoms with Gasteiger partial charge < -0.3 is 29.2 Å². The highest BCUT2D eigenvalue weighted by Gasteiger charge is 2.28. The zero-order chi connectivity index (χ0) is 25.2. The third-order valence-electron chi connectivity index (χ3n) is 5.50. The molecule has 0 spiro atoms. The highest BCUT2D eigenvalue weighted by molar-refractivity contribution is 5.95. The molecule has 3 rings (SSSR count). The van der Waals surface area contributed by atoms with Crippen molar-refractivity contribution in [3.05, 3.63) is 48.0 Å². The Hall–Kier alpha value is -3.75. The number of hydrogen-bond acceptors (Lipinski definition) is 7. The molecule has 0 aliphatic heterocycles. The minimum absolute atomic E-state index is 0.145. The van der Waals surface area contributed by atoms with Gasteiger partial charge in [0.1, 0.15) is 5.75 Å². The van der Waals surface area contributed by atoms with Crippen LogP contribution in [0.15, 0.2) is 42.5 Å². The number of ether oxygens (including phenoxy) is 4. The second-order valence-electron chi connectivity index (χ2n) is 8.15. The average Bonchev–Trinajstić information content (AvgIpc) is 3.69. The topological polar surface area (TPSA) is 103 Å². The molecule has 2 aromatic rings. The summed E-state index contributed by atoms with van der Waals surface area (Å²) in [6.07, 6.45) is 2.30. The van der Waals surface area contributed by atoms with Gasteiger partial charge in [-0.1, -0.05) is 12.1 Å². The minimum Gasteiger partial charge on any atom is -0.495 e. The van der Waals surface area contributed by atoms with E-state index in [1.165, 1.54) is 14.2 Å². The van der Waals surface area contributed by atoms with Gasteiger partial charge in [0, 0.05) is 18.7 Å². The van der Waals surface area contributed by atoms with Crippen LogP contribution in [0.5, 0.6) is 17.2 Å². The maximum absolute atomic E-state index is 13.2. The fraction of sp³-hybridized carbons (Fsp3) is 0.423. The van der Waals surface area contributed by atoms with Crippen LogP contribution >= 0.6 is 0 Å². The first-order valence-corrected chi connectivity index (χ1v) is 11.6. The summed E-state index contributed by atoms with van der Waals surface area (Å²) < 4.78 is 21.3. The molecule has 2 amide bonds. The summed E-state index contributed by atoms with van der Waals surface area (Å²) in [6, 6.07) is 11.9. The Morgan fingerprint density at radius 1 is 1.00 bits per heavy atom. The van der Waals surface area contributed by atoms with E-state index in [1.54, 1.807) is 54.3 Å². The van der Waals surface area contributed by atoms with Crippen LogP contribution in [0.4, 0.5) is 5.69 Å². The van der Waals surface area contributed by atoms with E-state index in [2.05, 4.69) is 5.32 Å². The summed E-state index contributed by atoms with van der Waals surface area (Å²) in [5.74, 6) is 0.782. The predicted octanol–water partition coefficient (Wildman–Crippen LogP) is 3.53. The van der Waals surface area contributed by atoms with E-state index in [9.17, 15) is 14.4 Å². The largest absolute Gasteiger partial charge is 0.495 e.